The summed E-state index contributed by atoms with van der Waals surface area (Å²) in [6.45, 7) is 0.289. The molecule has 0 spiro atoms. The van der Waals surface area contributed by atoms with Crippen LogP contribution in [0.15, 0.2) is 48.9 Å². The van der Waals surface area contributed by atoms with E-state index in [1.165, 1.54) is 12.6 Å². The van der Waals surface area contributed by atoms with Crippen LogP contribution in [0.25, 0.3) is 0 Å². The maximum Gasteiger partial charge on any atom is 0.276 e. The van der Waals surface area contributed by atoms with E-state index in [0.717, 1.165) is 43.0 Å². The molecule has 4 rings (SSSR count). The summed E-state index contributed by atoms with van der Waals surface area (Å²) >= 11 is 0.965. The molecule has 1 saturated carbocycles. The highest BCUT2D eigenvalue weighted by atomic mass is 32.1. The van der Waals surface area contributed by atoms with E-state index in [1.54, 1.807) is 43.6 Å². The van der Waals surface area contributed by atoms with Gasteiger partial charge in [0.05, 0.1) is 32.1 Å². The summed E-state index contributed by atoms with van der Waals surface area (Å²) in [6, 6.07) is 8.49. The Morgan fingerprint density at radius 2 is 1.83 bits per heavy atom. The predicted octanol–water partition coefficient (Wildman–Crippen LogP) is 3.83. The molecule has 1 aromatic carbocycles. The van der Waals surface area contributed by atoms with Gasteiger partial charge in [0, 0.05) is 25.0 Å². The average molecular weight is 510 g/mol. The molecule has 3 aromatic rings. The smallest absolute Gasteiger partial charge is 0.276 e. The number of hydrogen-bond acceptors (Lipinski definition) is 8. The monoisotopic (exact) mass is 509 g/mol. The number of methoxy groups -OCH3 is 2. The topological polar surface area (TPSA) is 107 Å². The molecule has 2 heterocycles. The van der Waals surface area contributed by atoms with E-state index < -0.39 is 6.04 Å². The molecule has 36 heavy (non-hydrogen) atoms. The van der Waals surface area contributed by atoms with Gasteiger partial charge in [0.15, 0.2) is 17.2 Å². The average Bonchev–Trinajstić information content (AvgIpc) is 3.46. The number of benzene rings is 1. The zero-order valence-corrected chi connectivity index (χ0v) is 21.4. The number of hydrogen-bond donors (Lipinski definition) is 1. The second-order valence-corrected chi connectivity index (χ2v) is 9.31. The van der Waals surface area contributed by atoms with Gasteiger partial charge < -0.3 is 19.7 Å². The summed E-state index contributed by atoms with van der Waals surface area (Å²) < 4.78 is 18.9. The molecule has 1 atom stereocenters. The minimum atomic E-state index is -0.829. The summed E-state index contributed by atoms with van der Waals surface area (Å²) in [4.78, 5) is 33.1. The fourth-order valence-corrected chi connectivity index (χ4v) is 4.99. The first-order chi connectivity index (χ1) is 17.6. The molecule has 9 nitrogen and oxygen atoms in total. The summed E-state index contributed by atoms with van der Waals surface area (Å²) in [7, 11) is 3.17. The van der Waals surface area contributed by atoms with Crippen LogP contribution in [-0.2, 0) is 11.2 Å². The molecule has 0 aliphatic heterocycles. The van der Waals surface area contributed by atoms with Crippen LogP contribution in [0.2, 0.25) is 0 Å². The van der Waals surface area contributed by atoms with Crippen molar-refractivity contribution < 1.29 is 19.1 Å². The highest BCUT2D eigenvalue weighted by Crippen LogP contribution is 2.29. The Hall–Kier alpha value is -3.53. The maximum atomic E-state index is 13.7. The van der Waals surface area contributed by atoms with Crippen molar-refractivity contribution >= 4 is 23.5 Å². The second kappa shape index (κ2) is 12.4. The number of carbonyl (C=O) groups is 2. The summed E-state index contributed by atoms with van der Waals surface area (Å²) in [5, 5.41) is 3.21. The molecule has 1 N–H and O–H groups in total. The van der Waals surface area contributed by atoms with Crippen molar-refractivity contribution in [3.05, 3.63) is 65.7 Å². The van der Waals surface area contributed by atoms with Gasteiger partial charge in [-0.25, -0.2) is 0 Å². The van der Waals surface area contributed by atoms with Crippen molar-refractivity contribution in [2.24, 2.45) is 0 Å². The van der Waals surface area contributed by atoms with E-state index in [-0.39, 0.29) is 30.1 Å². The molecule has 2 amide bonds. The Balaban J connectivity index is 1.65. The lowest BCUT2D eigenvalue weighted by molar-refractivity contribution is -0.126. The SMILES string of the molecule is COc1ccc(CCN(C(=O)c2cnsn2)[C@H](C(=O)NC2CCCCC2)c2ccncc2)cc1OC. The number of aromatic nitrogens is 3. The van der Waals surface area contributed by atoms with Crippen LogP contribution < -0.4 is 14.8 Å². The summed E-state index contributed by atoms with van der Waals surface area (Å²) in [6.07, 6.45) is 10.5. The maximum absolute atomic E-state index is 13.7. The fourth-order valence-electron chi connectivity index (χ4n) is 4.59. The molecule has 2 aromatic heterocycles. The van der Waals surface area contributed by atoms with Gasteiger partial charge in [-0.2, -0.15) is 8.75 Å². The number of amides is 2. The van der Waals surface area contributed by atoms with E-state index in [2.05, 4.69) is 19.0 Å². The molecule has 0 unspecified atom stereocenters. The van der Waals surface area contributed by atoms with Crippen LogP contribution >= 0.6 is 11.7 Å². The Labute approximate surface area is 215 Å². The van der Waals surface area contributed by atoms with Gasteiger partial charge in [0.1, 0.15) is 6.04 Å². The lowest BCUT2D eigenvalue weighted by Gasteiger charge is -2.33. The predicted molar refractivity (Wildman–Crippen MR) is 136 cm³/mol. The second-order valence-electron chi connectivity index (χ2n) is 8.76. The van der Waals surface area contributed by atoms with Gasteiger partial charge in [-0.15, -0.1) is 0 Å². The number of rotatable bonds is 10. The van der Waals surface area contributed by atoms with Crippen LogP contribution in [0.1, 0.15) is 59.8 Å². The third-order valence-corrected chi connectivity index (χ3v) is 6.94. The molecule has 0 radical (unpaired) electrons. The van der Waals surface area contributed by atoms with Crippen LogP contribution in [0.3, 0.4) is 0 Å². The number of pyridine rings is 1. The first-order valence-corrected chi connectivity index (χ1v) is 12.8. The summed E-state index contributed by atoms with van der Waals surface area (Å²) in [5.41, 5.74) is 1.86. The number of nitrogens with zero attached hydrogens (tertiary/aromatic N) is 4. The summed E-state index contributed by atoms with van der Waals surface area (Å²) in [5.74, 6) is 0.698. The largest absolute Gasteiger partial charge is 0.493 e. The highest BCUT2D eigenvalue weighted by Gasteiger charge is 2.34. The fraction of sp³-hybridized carbons (Fsp3) is 0.423. The van der Waals surface area contributed by atoms with Crippen LogP contribution in [0, 0.1) is 0 Å². The van der Waals surface area contributed by atoms with Crippen molar-refractivity contribution in [2.45, 2.75) is 50.6 Å². The first-order valence-electron chi connectivity index (χ1n) is 12.1. The third kappa shape index (κ3) is 6.17. The van der Waals surface area contributed by atoms with E-state index >= 15 is 0 Å². The van der Waals surface area contributed by atoms with E-state index in [1.807, 2.05) is 18.2 Å². The molecular formula is C26H31N5O4S. The van der Waals surface area contributed by atoms with Gasteiger partial charge in [-0.05, 0) is 54.7 Å². The van der Waals surface area contributed by atoms with Crippen molar-refractivity contribution in [3.8, 4) is 11.5 Å². The van der Waals surface area contributed by atoms with Crippen LogP contribution in [-0.4, -0.2) is 57.3 Å². The Bertz CT molecular complexity index is 1140. The van der Waals surface area contributed by atoms with E-state index in [9.17, 15) is 9.59 Å². The normalized spacial score (nSPS) is 14.6. The molecule has 1 fully saturated rings. The molecule has 190 valence electrons. The molecule has 0 bridgehead atoms. The Morgan fingerprint density at radius 3 is 2.50 bits per heavy atom. The van der Waals surface area contributed by atoms with Gasteiger partial charge in [-0.1, -0.05) is 25.3 Å². The molecule has 10 heteroatoms. The highest BCUT2D eigenvalue weighted by molar-refractivity contribution is 6.99. The molecule has 1 aliphatic rings. The van der Waals surface area contributed by atoms with Crippen molar-refractivity contribution in [1.82, 2.24) is 23.9 Å². The molecule has 1 aliphatic carbocycles. The Kier molecular flexibility index (Phi) is 8.83. The quantitative estimate of drug-likeness (QED) is 0.443. The van der Waals surface area contributed by atoms with Gasteiger partial charge in [0.25, 0.3) is 5.91 Å². The van der Waals surface area contributed by atoms with Gasteiger partial charge in [-0.3, -0.25) is 14.6 Å². The zero-order chi connectivity index (χ0) is 25.3. The minimum Gasteiger partial charge on any atom is -0.493 e. The first kappa shape index (κ1) is 25.6. The van der Waals surface area contributed by atoms with E-state index in [0.29, 0.717) is 23.5 Å². The third-order valence-electron chi connectivity index (χ3n) is 6.46. The van der Waals surface area contributed by atoms with Gasteiger partial charge in [0.2, 0.25) is 5.91 Å². The van der Waals surface area contributed by atoms with E-state index in [4.69, 9.17) is 9.47 Å². The van der Waals surface area contributed by atoms with Gasteiger partial charge >= 0.3 is 0 Å². The lowest BCUT2D eigenvalue weighted by atomic mass is 9.94. The number of ether oxygens (including phenoxy) is 2. The van der Waals surface area contributed by atoms with Crippen LogP contribution in [0.4, 0.5) is 0 Å². The molecule has 0 saturated heterocycles. The zero-order valence-electron chi connectivity index (χ0n) is 20.6. The number of nitrogens with one attached hydrogen (secondary N) is 1. The standard InChI is InChI=1S/C26H31N5O4S/c1-34-22-9-8-18(16-23(22)35-2)12-15-31(26(33)21-17-28-36-30-21)24(19-10-13-27-14-11-19)25(32)29-20-6-4-3-5-7-20/h8-11,13-14,16-17,20,24H,3-7,12,15H2,1-2H3,(H,29,32)/t24-/m0/s1. The van der Waals surface area contributed by atoms with Crippen molar-refractivity contribution in [3.63, 3.8) is 0 Å². The van der Waals surface area contributed by atoms with Crippen molar-refractivity contribution in [1.29, 1.82) is 0 Å². The minimum absolute atomic E-state index is 0.110. The van der Waals surface area contributed by atoms with Crippen molar-refractivity contribution in [2.75, 3.05) is 20.8 Å². The van der Waals surface area contributed by atoms with Crippen LogP contribution in [0.5, 0.6) is 11.5 Å². The molecular weight excluding hydrogens is 478 g/mol. The number of carbonyl (C=O) groups excluding carboxylic acids is 2. The Morgan fingerprint density at radius 1 is 1.08 bits per heavy atom. The lowest BCUT2D eigenvalue weighted by Crippen LogP contribution is -2.47.